The lowest BCUT2D eigenvalue weighted by Gasteiger charge is -2.06. The SMILES string of the molecule is N#Cc1cc(-c2nc(-c3cccnc3OCC(F)F)no2)ccn1. The van der Waals surface area contributed by atoms with Gasteiger partial charge in [0, 0.05) is 18.0 Å². The van der Waals surface area contributed by atoms with Crippen LogP contribution in [0.5, 0.6) is 5.88 Å². The predicted molar refractivity (Wildman–Crippen MR) is 77.0 cm³/mol. The van der Waals surface area contributed by atoms with Gasteiger partial charge in [-0.25, -0.2) is 18.7 Å². The molecule has 0 N–H and O–H groups in total. The number of hydrogen-bond donors (Lipinski definition) is 0. The van der Waals surface area contributed by atoms with Gasteiger partial charge in [-0.3, -0.25) is 0 Å². The second-order valence-corrected chi connectivity index (χ2v) is 4.52. The number of hydrogen-bond acceptors (Lipinski definition) is 7. The number of nitriles is 1. The third kappa shape index (κ3) is 3.33. The van der Waals surface area contributed by atoms with E-state index in [1.54, 1.807) is 18.2 Å². The molecule has 0 unspecified atom stereocenters. The molecular formula is C15H9F2N5O2. The molecule has 3 rings (SSSR count). The molecule has 3 heterocycles. The largest absolute Gasteiger partial charge is 0.471 e. The average Bonchev–Trinajstić information content (AvgIpc) is 3.10. The van der Waals surface area contributed by atoms with E-state index < -0.39 is 13.0 Å². The monoisotopic (exact) mass is 329 g/mol. The molecular weight excluding hydrogens is 320 g/mol. The summed E-state index contributed by atoms with van der Waals surface area (Å²) in [5, 5.41) is 12.7. The van der Waals surface area contributed by atoms with E-state index in [1.807, 2.05) is 6.07 Å². The number of ether oxygens (including phenoxy) is 1. The van der Waals surface area contributed by atoms with Crippen LogP contribution in [-0.2, 0) is 0 Å². The van der Waals surface area contributed by atoms with E-state index in [4.69, 9.17) is 14.5 Å². The Kier molecular flexibility index (Phi) is 4.38. The number of rotatable bonds is 5. The van der Waals surface area contributed by atoms with Gasteiger partial charge in [-0.1, -0.05) is 5.16 Å². The smallest absolute Gasteiger partial charge is 0.272 e. The first-order chi connectivity index (χ1) is 11.7. The number of nitrogens with zero attached hydrogens (tertiary/aromatic N) is 5. The van der Waals surface area contributed by atoms with Gasteiger partial charge in [0.2, 0.25) is 11.7 Å². The molecule has 0 radical (unpaired) electrons. The summed E-state index contributed by atoms with van der Waals surface area (Å²) in [6.45, 7) is -0.787. The fourth-order valence-electron chi connectivity index (χ4n) is 1.89. The molecule has 3 aromatic heterocycles. The zero-order valence-corrected chi connectivity index (χ0v) is 12.1. The van der Waals surface area contributed by atoms with Crippen LogP contribution >= 0.6 is 0 Å². The average molecular weight is 329 g/mol. The Bertz CT molecular complexity index is 891. The van der Waals surface area contributed by atoms with Crippen LogP contribution in [0.3, 0.4) is 0 Å². The van der Waals surface area contributed by atoms with Crippen molar-refractivity contribution in [3.8, 4) is 34.8 Å². The molecule has 0 aromatic carbocycles. The van der Waals surface area contributed by atoms with Crippen molar-refractivity contribution in [1.29, 1.82) is 5.26 Å². The van der Waals surface area contributed by atoms with E-state index in [9.17, 15) is 8.78 Å². The van der Waals surface area contributed by atoms with Crippen LogP contribution in [0.1, 0.15) is 5.69 Å². The predicted octanol–water partition coefficient (Wildman–Crippen LogP) is 2.71. The summed E-state index contributed by atoms with van der Waals surface area (Å²) in [4.78, 5) is 11.9. The van der Waals surface area contributed by atoms with E-state index in [-0.39, 0.29) is 23.3 Å². The second kappa shape index (κ2) is 6.78. The van der Waals surface area contributed by atoms with E-state index in [0.29, 0.717) is 11.1 Å². The van der Waals surface area contributed by atoms with E-state index >= 15 is 0 Å². The van der Waals surface area contributed by atoms with Crippen LogP contribution in [0.15, 0.2) is 41.2 Å². The van der Waals surface area contributed by atoms with Gasteiger partial charge < -0.3 is 9.26 Å². The summed E-state index contributed by atoms with van der Waals surface area (Å²) in [7, 11) is 0. The van der Waals surface area contributed by atoms with E-state index in [1.165, 1.54) is 18.5 Å². The maximum Gasteiger partial charge on any atom is 0.272 e. The molecule has 7 nitrogen and oxygen atoms in total. The Labute approximate surface area is 134 Å². The van der Waals surface area contributed by atoms with Crippen molar-refractivity contribution in [1.82, 2.24) is 20.1 Å². The second-order valence-electron chi connectivity index (χ2n) is 4.52. The molecule has 0 spiro atoms. The molecule has 0 atom stereocenters. The standard InChI is InChI=1S/C15H9F2N5O2/c16-12(17)8-23-15-11(2-1-4-20-15)13-21-14(24-22-13)9-3-5-19-10(6-9)7-18/h1-6,12H,8H2. The van der Waals surface area contributed by atoms with Crippen molar-refractivity contribution in [3.05, 3.63) is 42.4 Å². The van der Waals surface area contributed by atoms with Gasteiger partial charge in [0.25, 0.3) is 12.3 Å². The molecule has 0 aliphatic rings. The van der Waals surface area contributed by atoms with E-state index in [2.05, 4.69) is 20.1 Å². The normalized spacial score (nSPS) is 10.6. The summed E-state index contributed by atoms with van der Waals surface area (Å²) in [5.41, 5.74) is 1.04. The zero-order chi connectivity index (χ0) is 16.9. The van der Waals surface area contributed by atoms with Crippen molar-refractivity contribution in [2.24, 2.45) is 0 Å². The third-order valence-electron chi connectivity index (χ3n) is 2.91. The summed E-state index contributed by atoms with van der Waals surface area (Å²) in [5.74, 6) is 0.280. The lowest BCUT2D eigenvalue weighted by atomic mass is 10.2. The fourth-order valence-corrected chi connectivity index (χ4v) is 1.89. The van der Waals surface area contributed by atoms with Gasteiger partial charge in [0.1, 0.15) is 11.8 Å². The van der Waals surface area contributed by atoms with Gasteiger partial charge >= 0.3 is 0 Å². The molecule has 24 heavy (non-hydrogen) atoms. The lowest BCUT2D eigenvalue weighted by Crippen LogP contribution is -2.08. The number of pyridine rings is 2. The minimum absolute atomic E-state index is 0.0161. The van der Waals surface area contributed by atoms with Crippen LogP contribution < -0.4 is 4.74 Å². The first kappa shape index (κ1) is 15.5. The van der Waals surface area contributed by atoms with Gasteiger partial charge in [-0.2, -0.15) is 10.2 Å². The quantitative estimate of drug-likeness (QED) is 0.709. The van der Waals surface area contributed by atoms with Gasteiger partial charge in [-0.05, 0) is 24.3 Å². The van der Waals surface area contributed by atoms with Crippen LogP contribution in [0, 0.1) is 11.3 Å². The van der Waals surface area contributed by atoms with Crippen LogP contribution in [-0.4, -0.2) is 33.1 Å². The zero-order valence-electron chi connectivity index (χ0n) is 12.1. The molecule has 120 valence electrons. The first-order valence-electron chi connectivity index (χ1n) is 6.74. The summed E-state index contributed by atoms with van der Waals surface area (Å²) < 4.78 is 34.8. The van der Waals surface area contributed by atoms with Gasteiger partial charge in [0.15, 0.2) is 6.61 Å². The highest BCUT2D eigenvalue weighted by Gasteiger charge is 2.17. The molecule has 0 saturated carbocycles. The Morgan fingerprint density at radius 3 is 2.92 bits per heavy atom. The maximum atomic E-state index is 12.3. The summed E-state index contributed by atoms with van der Waals surface area (Å²) in [6, 6.07) is 8.19. The van der Waals surface area contributed by atoms with Gasteiger partial charge in [-0.15, -0.1) is 0 Å². The highest BCUT2D eigenvalue weighted by molar-refractivity contribution is 5.64. The Morgan fingerprint density at radius 1 is 1.25 bits per heavy atom. The van der Waals surface area contributed by atoms with Crippen molar-refractivity contribution in [2.45, 2.75) is 6.43 Å². The molecule has 0 fully saturated rings. The molecule has 3 aromatic rings. The number of aromatic nitrogens is 4. The van der Waals surface area contributed by atoms with E-state index in [0.717, 1.165) is 0 Å². The Hall–Kier alpha value is -3.41. The van der Waals surface area contributed by atoms with Crippen LogP contribution in [0.4, 0.5) is 8.78 Å². The molecule has 9 heteroatoms. The number of halogens is 2. The van der Waals surface area contributed by atoms with Crippen molar-refractivity contribution < 1.29 is 18.0 Å². The van der Waals surface area contributed by atoms with Crippen molar-refractivity contribution in [2.75, 3.05) is 6.61 Å². The topological polar surface area (TPSA) is 97.7 Å². The summed E-state index contributed by atoms with van der Waals surface area (Å²) >= 11 is 0. The minimum atomic E-state index is -2.62. The maximum absolute atomic E-state index is 12.3. The van der Waals surface area contributed by atoms with Crippen molar-refractivity contribution in [3.63, 3.8) is 0 Å². The lowest BCUT2D eigenvalue weighted by molar-refractivity contribution is 0.0799. The molecule has 0 aliphatic heterocycles. The molecule has 0 bridgehead atoms. The summed E-state index contributed by atoms with van der Waals surface area (Å²) in [6.07, 6.45) is 0.230. The number of alkyl halides is 2. The highest BCUT2D eigenvalue weighted by Crippen LogP contribution is 2.28. The highest BCUT2D eigenvalue weighted by atomic mass is 19.3. The first-order valence-corrected chi connectivity index (χ1v) is 6.74. The van der Waals surface area contributed by atoms with Crippen LogP contribution in [0.25, 0.3) is 22.8 Å². The molecule has 0 amide bonds. The molecule has 0 aliphatic carbocycles. The molecule has 0 saturated heterocycles. The Balaban J connectivity index is 1.92. The Morgan fingerprint density at radius 2 is 2.12 bits per heavy atom. The van der Waals surface area contributed by atoms with Crippen molar-refractivity contribution >= 4 is 0 Å². The van der Waals surface area contributed by atoms with Crippen LogP contribution in [0.2, 0.25) is 0 Å². The van der Waals surface area contributed by atoms with Gasteiger partial charge in [0.05, 0.1) is 5.56 Å². The third-order valence-corrected chi connectivity index (χ3v) is 2.91. The minimum Gasteiger partial charge on any atom is -0.471 e. The fraction of sp³-hybridized carbons (Fsp3) is 0.133.